The quantitative estimate of drug-likeness (QED) is 0.808. The summed E-state index contributed by atoms with van der Waals surface area (Å²) in [5.74, 6) is 0.893. The van der Waals surface area contributed by atoms with E-state index in [0.29, 0.717) is 11.5 Å². The highest BCUT2D eigenvalue weighted by Gasteiger charge is 2.13. The first kappa shape index (κ1) is 10.9. The first-order valence-electron chi connectivity index (χ1n) is 4.81. The highest BCUT2D eigenvalue weighted by atomic mass is 19.1. The molecule has 0 aliphatic heterocycles. The van der Waals surface area contributed by atoms with Gasteiger partial charge in [-0.25, -0.2) is 14.4 Å². The summed E-state index contributed by atoms with van der Waals surface area (Å²) >= 11 is 0. The fourth-order valence-electron chi connectivity index (χ4n) is 1.15. The lowest BCUT2D eigenvalue weighted by atomic mass is 10.1. The molecule has 3 nitrogen and oxygen atoms in total. The monoisotopic (exact) mass is 197 g/mol. The molecule has 1 N–H and O–H groups in total. The van der Waals surface area contributed by atoms with Crippen molar-refractivity contribution in [1.82, 2.24) is 9.97 Å². The van der Waals surface area contributed by atoms with Crippen molar-refractivity contribution in [2.45, 2.75) is 33.1 Å². The summed E-state index contributed by atoms with van der Waals surface area (Å²) in [6, 6.07) is 0. The maximum absolute atomic E-state index is 13.4. The zero-order valence-electron chi connectivity index (χ0n) is 9.06. The van der Waals surface area contributed by atoms with Crippen molar-refractivity contribution < 1.29 is 4.39 Å². The van der Waals surface area contributed by atoms with Crippen molar-refractivity contribution in [1.29, 1.82) is 0 Å². The Morgan fingerprint density at radius 2 is 2.07 bits per heavy atom. The van der Waals surface area contributed by atoms with Gasteiger partial charge in [-0.05, 0) is 13.3 Å². The summed E-state index contributed by atoms with van der Waals surface area (Å²) in [6.45, 7) is 5.75. The van der Waals surface area contributed by atoms with E-state index in [0.717, 1.165) is 6.42 Å². The Labute approximate surface area is 83.8 Å². The smallest absolute Gasteiger partial charge is 0.186 e. The molecule has 0 amide bonds. The fourth-order valence-corrected chi connectivity index (χ4v) is 1.15. The number of aromatic nitrogens is 2. The van der Waals surface area contributed by atoms with Crippen LogP contribution < -0.4 is 5.32 Å². The summed E-state index contributed by atoms with van der Waals surface area (Å²) in [5.41, 5.74) is 0.402. The van der Waals surface area contributed by atoms with Crippen molar-refractivity contribution in [2.75, 3.05) is 12.4 Å². The van der Waals surface area contributed by atoms with Gasteiger partial charge >= 0.3 is 0 Å². The highest BCUT2D eigenvalue weighted by Crippen LogP contribution is 2.19. The molecule has 4 heteroatoms. The van der Waals surface area contributed by atoms with Crippen molar-refractivity contribution in [3.63, 3.8) is 0 Å². The Kier molecular flexibility index (Phi) is 3.38. The minimum atomic E-state index is -0.362. The van der Waals surface area contributed by atoms with Crippen LogP contribution in [0.1, 0.15) is 37.7 Å². The van der Waals surface area contributed by atoms with Crippen molar-refractivity contribution in [2.24, 2.45) is 0 Å². The van der Waals surface area contributed by atoms with Gasteiger partial charge in [-0.1, -0.05) is 13.8 Å². The van der Waals surface area contributed by atoms with E-state index in [-0.39, 0.29) is 17.6 Å². The minimum absolute atomic E-state index is 0.265. The summed E-state index contributed by atoms with van der Waals surface area (Å²) in [6.07, 6.45) is 0.953. The number of nitrogens with one attached hydrogen (secondary N) is 1. The second-order valence-electron chi connectivity index (χ2n) is 3.39. The molecule has 0 saturated carbocycles. The molecule has 0 aromatic carbocycles. The van der Waals surface area contributed by atoms with Crippen LogP contribution in [0.5, 0.6) is 0 Å². The van der Waals surface area contributed by atoms with E-state index in [1.807, 2.05) is 6.92 Å². The lowest BCUT2D eigenvalue weighted by Gasteiger charge is -2.10. The standard InChI is InChI=1S/C10H16FN3/c1-5-6(2)9-13-7(3)8(11)10(12-4)14-9/h6H,5H2,1-4H3,(H,12,13,14). The Balaban J connectivity index is 3.16. The molecule has 0 fully saturated rings. The van der Waals surface area contributed by atoms with Crippen LogP contribution in [0.25, 0.3) is 0 Å². The van der Waals surface area contributed by atoms with E-state index in [4.69, 9.17) is 0 Å². The Hall–Kier alpha value is -1.19. The predicted octanol–water partition coefficient (Wildman–Crippen LogP) is 2.48. The van der Waals surface area contributed by atoms with E-state index >= 15 is 0 Å². The van der Waals surface area contributed by atoms with Crippen LogP contribution in [-0.2, 0) is 0 Å². The van der Waals surface area contributed by atoms with E-state index in [1.54, 1.807) is 14.0 Å². The van der Waals surface area contributed by atoms with Crippen LogP contribution in [0.3, 0.4) is 0 Å². The summed E-state index contributed by atoms with van der Waals surface area (Å²) in [5, 5.41) is 2.73. The third-order valence-electron chi connectivity index (χ3n) is 2.32. The van der Waals surface area contributed by atoms with Gasteiger partial charge in [0.15, 0.2) is 11.6 Å². The van der Waals surface area contributed by atoms with E-state index in [9.17, 15) is 4.39 Å². The molecule has 0 aliphatic carbocycles. The Bertz CT molecular complexity index is 325. The van der Waals surface area contributed by atoms with Crippen molar-refractivity contribution in [3.05, 3.63) is 17.3 Å². The highest BCUT2D eigenvalue weighted by molar-refractivity contribution is 5.37. The van der Waals surface area contributed by atoms with Gasteiger partial charge in [-0.2, -0.15) is 0 Å². The molecule has 1 rings (SSSR count). The van der Waals surface area contributed by atoms with E-state index < -0.39 is 0 Å². The molecule has 0 aliphatic rings. The average molecular weight is 197 g/mol. The lowest BCUT2D eigenvalue weighted by Crippen LogP contribution is -2.08. The summed E-state index contributed by atoms with van der Waals surface area (Å²) in [4.78, 5) is 8.25. The topological polar surface area (TPSA) is 37.8 Å². The minimum Gasteiger partial charge on any atom is -0.371 e. The summed E-state index contributed by atoms with van der Waals surface area (Å²) < 4.78 is 13.4. The van der Waals surface area contributed by atoms with Gasteiger partial charge in [0.25, 0.3) is 0 Å². The number of nitrogens with zero attached hydrogens (tertiary/aromatic N) is 2. The Morgan fingerprint density at radius 1 is 1.43 bits per heavy atom. The number of anilines is 1. The van der Waals surface area contributed by atoms with Crippen LogP contribution in [0.4, 0.5) is 10.2 Å². The van der Waals surface area contributed by atoms with Crippen LogP contribution >= 0.6 is 0 Å². The number of rotatable bonds is 3. The molecular formula is C10H16FN3. The largest absolute Gasteiger partial charge is 0.371 e. The maximum Gasteiger partial charge on any atom is 0.186 e. The second-order valence-corrected chi connectivity index (χ2v) is 3.39. The molecule has 0 radical (unpaired) electrons. The second kappa shape index (κ2) is 4.35. The van der Waals surface area contributed by atoms with Gasteiger partial charge in [-0.15, -0.1) is 0 Å². The van der Waals surface area contributed by atoms with Crippen LogP contribution in [0, 0.1) is 12.7 Å². The predicted molar refractivity (Wildman–Crippen MR) is 55.0 cm³/mol. The summed E-state index contributed by atoms with van der Waals surface area (Å²) in [7, 11) is 1.66. The van der Waals surface area contributed by atoms with Crippen molar-refractivity contribution in [3.8, 4) is 0 Å². The number of hydrogen-bond acceptors (Lipinski definition) is 3. The van der Waals surface area contributed by atoms with Crippen LogP contribution in [0.15, 0.2) is 0 Å². The van der Waals surface area contributed by atoms with Crippen molar-refractivity contribution >= 4 is 5.82 Å². The lowest BCUT2D eigenvalue weighted by molar-refractivity contribution is 0.588. The zero-order valence-corrected chi connectivity index (χ0v) is 9.06. The van der Waals surface area contributed by atoms with Gasteiger partial charge in [0.2, 0.25) is 0 Å². The van der Waals surface area contributed by atoms with Gasteiger partial charge in [0.1, 0.15) is 5.82 Å². The first-order valence-corrected chi connectivity index (χ1v) is 4.81. The number of halogens is 1. The first-order chi connectivity index (χ1) is 6.60. The molecule has 78 valence electrons. The number of hydrogen-bond donors (Lipinski definition) is 1. The normalized spacial score (nSPS) is 12.6. The van der Waals surface area contributed by atoms with Gasteiger partial charge in [0, 0.05) is 13.0 Å². The maximum atomic E-state index is 13.4. The van der Waals surface area contributed by atoms with Crippen LogP contribution in [0.2, 0.25) is 0 Å². The number of aryl methyl sites for hydroxylation is 1. The molecule has 1 aromatic heterocycles. The van der Waals surface area contributed by atoms with Gasteiger partial charge in [0.05, 0.1) is 5.69 Å². The molecule has 1 aromatic rings. The molecule has 1 unspecified atom stereocenters. The molecule has 1 heterocycles. The van der Waals surface area contributed by atoms with Gasteiger partial charge in [-0.3, -0.25) is 0 Å². The van der Waals surface area contributed by atoms with E-state index in [1.165, 1.54) is 0 Å². The third kappa shape index (κ3) is 2.00. The Morgan fingerprint density at radius 3 is 2.57 bits per heavy atom. The zero-order chi connectivity index (χ0) is 10.7. The molecule has 0 saturated heterocycles. The molecule has 0 spiro atoms. The molecular weight excluding hydrogens is 181 g/mol. The van der Waals surface area contributed by atoms with Gasteiger partial charge < -0.3 is 5.32 Å². The molecule has 14 heavy (non-hydrogen) atoms. The van der Waals surface area contributed by atoms with Crippen LogP contribution in [-0.4, -0.2) is 17.0 Å². The third-order valence-corrected chi connectivity index (χ3v) is 2.32. The molecule has 1 atom stereocenters. The fraction of sp³-hybridized carbons (Fsp3) is 0.600. The van der Waals surface area contributed by atoms with E-state index in [2.05, 4.69) is 22.2 Å². The average Bonchev–Trinajstić information content (AvgIpc) is 2.20. The SMILES string of the molecule is CCC(C)c1nc(C)c(F)c(NC)n1. The molecule has 0 bridgehead atoms.